The molecule has 3 aromatic carbocycles. The molecule has 232 valence electrons. The third kappa shape index (κ3) is 8.02. The van der Waals surface area contributed by atoms with Crippen molar-refractivity contribution in [3.63, 3.8) is 0 Å². The van der Waals surface area contributed by atoms with Gasteiger partial charge in [-0.1, -0.05) is 73.1 Å². The molecule has 0 spiro atoms. The third-order valence-electron chi connectivity index (χ3n) is 7.12. The predicted molar refractivity (Wildman–Crippen MR) is 174 cm³/mol. The standard InChI is InChI=1S/C33H34ClN7O4/c1-3-41(2)40-29-28(34)31(44)27(22-13-23(15-24(35)14-22)33(45)39-18-19-7-5-4-6-8-19)25(30(29)43)16-26(42)38-17-20-9-11-21(12-10-20)32(36)37/h4-15,40H,3,16-18,35H2,1-2H3,(H3,36,37)(H,38,42)(H,39,45). The molecule has 2 amide bonds. The highest BCUT2D eigenvalue weighted by atomic mass is 35.5. The van der Waals surface area contributed by atoms with Gasteiger partial charge in [-0.05, 0) is 34.9 Å². The fourth-order valence-electron chi connectivity index (χ4n) is 4.60. The number of nitrogens with two attached hydrogens (primary N) is 2. The first-order chi connectivity index (χ1) is 21.5. The molecule has 1 aliphatic carbocycles. The molecule has 12 heteroatoms. The quantitative estimate of drug-likeness (QED) is 0.0582. The highest BCUT2D eigenvalue weighted by Gasteiger charge is 2.36. The summed E-state index contributed by atoms with van der Waals surface area (Å²) in [6, 6.07) is 20.5. The van der Waals surface area contributed by atoms with E-state index in [-0.39, 0.29) is 57.6 Å². The summed E-state index contributed by atoms with van der Waals surface area (Å²) in [6.07, 6.45) is -0.443. The molecule has 0 bridgehead atoms. The van der Waals surface area contributed by atoms with Crippen LogP contribution < -0.4 is 27.5 Å². The van der Waals surface area contributed by atoms with Gasteiger partial charge in [-0.15, -0.1) is 0 Å². The number of hydrogen-bond acceptors (Lipinski definition) is 8. The van der Waals surface area contributed by atoms with Crippen LogP contribution in [0.15, 0.2) is 89.1 Å². The SMILES string of the molecule is CCN(C)NC1=C(Cl)C(=O)C(c2cc(N)cc(C(=O)NCc3ccccc3)c2)=C(CC(=O)NCc2ccc(C(=N)N)cc2)C1=O. The van der Waals surface area contributed by atoms with E-state index in [0.717, 1.165) is 11.1 Å². The number of rotatable bonds is 12. The molecule has 0 unspecified atom stereocenters. The average Bonchev–Trinajstić information content (AvgIpc) is 3.03. The Bertz CT molecular complexity index is 1720. The number of allylic oxidation sites excluding steroid dienone is 3. The topological polar surface area (TPSA) is 184 Å². The van der Waals surface area contributed by atoms with Crippen LogP contribution in [0.25, 0.3) is 5.57 Å². The number of amidine groups is 1. The summed E-state index contributed by atoms with van der Waals surface area (Å²) in [4.78, 5) is 53.9. The van der Waals surface area contributed by atoms with Gasteiger partial charge in [-0.3, -0.25) is 24.6 Å². The van der Waals surface area contributed by atoms with Gasteiger partial charge in [0.1, 0.15) is 16.6 Å². The second-order valence-corrected chi connectivity index (χ2v) is 10.8. The summed E-state index contributed by atoms with van der Waals surface area (Å²) in [5.41, 5.74) is 16.9. The molecule has 4 rings (SSSR count). The first-order valence-electron chi connectivity index (χ1n) is 14.1. The van der Waals surface area contributed by atoms with E-state index in [1.165, 1.54) is 18.2 Å². The van der Waals surface area contributed by atoms with E-state index < -0.39 is 29.8 Å². The Morgan fingerprint density at radius 1 is 0.889 bits per heavy atom. The first kappa shape index (κ1) is 32.6. The Morgan fingerprint density at radius 2 is 1.53 bits per heavy atom. The minimum absolute atomic E-state index is 0.0752. The Balaban J connectivity index is 1.66. The number of halogens is 1. The Kier molecular flexibility index (Phi) is 10.5. The zero-order chi connectivity index (χ0) is 32.7. The molecule has 8 N–H and O–H groups in total. The molecule has 3 aromatic rings. The van der Waals surface area contributed by atoms with Crippen molar-refractivity contribution >= 4 is 52.1 Å². The van der Waals surface area contributed by atoms with Gasteiger partial charge < -0.3 is 27.5 Å². The van der Waals surface area contributed by atoms with Gasteiger partial charge in [0.05, 0.1) is 6.42 Å². The fraction of sp³-hybridized carbons (Fsp3) is 0.182. The summed E-state index contributed by atoms with van der Waals surface area (Å²) < 4.78 is 0. The second kappa shape index (κ2) is 14.5. The van der Waals surface area contributed by atoms with Gasteiger partial charge in [-0.2, -0.15) is 0 Å². The molecule has 11 nitrogen and oxygen atoms in total. The average molecular weight is 628 g/mol. The van der Waals surface area contributed by atoms with E-state index in [4.69, 9.17) is 28.5 Å². The van der Waals surface area contributed by atoms with Crippen LogP contribution in [0.2, 0.25) is 0 Å². The summed E-state index contributed by atoms with van der Waals surface area (Å²) >= 11 is 6.46. The van der Waals surface area contributed by atoms with Crippen molar-refractivity contribution < 1.29 is 19.2 Å². The van der Waals surface area contributed by atoms with Crippen LogP contribution in [0.3, 0.4) is 0 Å². The van der Waals surface area contributed by atoms with E-state index in [2.05, 4.69) is 16.1 Å². The summed E-state index contributed by atoms with van der Waals surface area (Å²) in [5, 5.41) is 14.3. The number of hydrogen-bond donors (Lipinski definition) is 6. The third-order valence-corrected chi connectivity index (χ3v) is 7.48. The molecule has 0 atom stereocenters. The first-order valence-corrected chi connectivity index (χ1v) is 14.5. The van der Waals surface area contributed by atoms with Crippen LogP contribution in [0.1, 0.15) is 46.0 Å². The molecule has 0 heterocycles. The maximum Gasteiger partial charge on any atom is 0.251 e. The Morgan fingerprint density at radius 3 is 2.18 bits per heavy atom. The minimum atomic E-state index is -0.688. The normalized spacial score (nSPS) is 13.2. The molecule has 0 saturated carbocycles. The number of anilines is 1. The molecule has 0 saturated heterocycles. The minimum Gasteiger partial charge on any atom is -0.399 e. The van der Waals surface area contributed by atoms with Crippen LogP contribution in [-0.2, 0) is 27.5 Å². The van der Waals surface area contributed by atoms with Crippen LogP contribution in [0, 0.1) is 5.41 Å². The van der Waals surface area contributed by atoms with Gasteiger partial charge in [0.15, 0.2) is 0 Å². The van der Waals surface area contributed by atoms with Gasteiger partial charge in [0, 0.05) is 54.6 Å². The summed E-state index contributed by atoms with van der Waals surface area (Å²) in [7, 11) is 1.68. The molecular weight excluding hydrogens is 594 g/mol. The number of amides is 2. The van der Waals surface area contributed by atoms with Gasteiger partial charge in [-0.25, -0.2) is 5.01 Å². The number of nitrogens with one attached hydrogen (secondary N) is 4. The zero-order valence-corrected chi connectivity index (χ0v) is 25.6. The maximum absolute atomic E-state index is 13.8. The largest absolute Gasteiger partial charge is 0.399 e. The van der Waals surface area contributed by atoms with E-state index in [1.54, 1.807) is 36.3 Å². The number of carbonyl (C=O) groups excluding carboxylic acids is 4. The molecule has 0 fully saturated rings. The number of carbonyl (C=O) groups is 4. The van der Waals surface area contributed by atoms with Crippen LogP contribution >= 0.6 is 11.6 Å². The second-order valence-electron chi connectivity index (χ2n) is 10.4. The lowest BCUT2D eigenvalue weighted by molar-refractivity contribution is -0.122. The van der Waals surface area contributed by atoms with Gasteiger partial charge in [0.2, 0.25) is 17.5 Å². The number of nitrogen functional groups attached to an aromatic ring is 2. The fourth-order valence-corrected chi connectivity index (χ4v) is 4.82. The Labute approximate surface area is 265 Å². The van der Waals surface area contributed by atoms with E-state index in [0.29, 0.717) is 12.1 Å². The smallest absolute Gasteiger partial charge is 0.251 e. The van der Waals surface area contributed by atoms with Gasteiger partial charge >= 0.3 is 0 Å². The van der Waals surface area contributed by atoms with Crippen molar-refractivity contribution in [1.29, 1.82) is 5.41 Å². The van der Waals surface area contributed by atoms with Crippen molar-refractivity contribution in [2.45, 2.75) is 26.4 Å². The predicted octanol–water partition coefficient (Wildman–Crippen LogP) is 3.00. The summed E-state index contributed by atoms with van der Waals surface area (Å²) in [6.45, 7) is 2.72. The monoisotopic (exact) mass is 627 g/mol. The number of benzene rings is 3. The van der Waals surface area contributed by atoms with Crippen molar-refractivity contribution in [2.24, 2.45) is 5.73 Å². The number of nitrogens with zero attached hydrogens (tertiary/aromatic N) is 1. The van der Waals surface area contributed by atoms with E-state index in [1.807, 2.05) is 37.3 Å². The molecule has 0 aromatic heterocycles. The van der Waals surface area contributed by atoms with Crippen molar-refractivity contribution in [3.05, 3.63) is 117 Å². The van der Waals surface area contributed by atoms with E-state index in [9.17, 15) is 19.2 Å². The molecular formula is C33H34ClN7O4. The Hall–Kier alpha value is -5.26. The van der Waals surface area contributed by atoms with Crippen molar-refractivity contribution in [2.75, 3.05) is 19.3 Å². The number of hydrazine groups is 1. The lowest BCUT2D eigenvalue weighted by atomic mass is 9.85. The highest BCUT2D eigenvalue weighted by Crippen LogP contribution is 2.35. The van der Waals surface area contributed by atoms with Crippen LogP contribution in [-0.4, -0.2) is 47.8 Å². The maximum atomic E-state index is 13.8. The zero-order valence-electron chi connectivity index (χ0n) is 24.9. The van der Waals surface area contributed by atoms with E-state index >= 15 is 0 Å². The lowest BCUT2D eigenvalue weighted by Gasteiger charge is -2.26. The molecule has 0 radical (unpaired) electrons. The van der Waals surface area contributed by atoms with Crippen LogP contribution in [0.5, 0.6) is 0 Å². The molecule has 1 aliphatic rings. The molecule has 45 heavy (non-hydrogen) atoms. The van der Waals surface area contributed by atoms with Crippen LogP contribution in [0.4, 0.5) is 5.69 Å². The number of Topliss-reactive ketones (excluding diaryl/α,β-unsaturated/α-hetero) is 2. The lowest BCUT2D eigenvalue weighted by Crippen LogP contribution is -2.40. The molecule has 0 aliphatic heterocycles. The number of ketones is 2. The van der Waals surface area contributed by atoms with Crippen molar-refractivity contribution in [1.82, 2.24) is 21.1 Å². The summed E-state index contributed by atoms with van der Waals surface area (Å²) in [5.74, 6) is -2.36. The van der Waals surface area contributed by atoms with Gasteiger partial charge in [0.25, 0.3) is 5.91 Å². The van der Waals surface area contributed by atoms with Crippen molar-refractivity contribution in [3.8, 4) is 0 Å². The highest BCUT2D eigenvalue weighted by molar-refractivity contribution is 6.56.